The number of aromatic nitrogens is 2. The van der Waals surface area contributed by atoms with Gasteiger partial charge in [-0.25, -0.2) is 0 Å². The lowest BCUT2D eigenvalue weighted by atomic mass is 9.79. The van der Waals surface area contributed by atoms with Gasteiger partial charge in [-0.3, -0.25) is 14.9 Å². The lowest BCUT2D eigenvalue weighted by Gasteiger charge is -2.32. The Morgan fingerprint density at radius 3 is 2.79 bits per heavy atom. The largest absolute Gasteiger partial charge is 0.511 e. The van der Waals surface area contributed by atoms with Gasteiger partial charge in [0.15, 0.2) is 0 Å². The lowest BCUT2D eigenvalue weighted by Crippen LogP contribution is -2.31. The first-order valence-electron chi connectivity index (χ1n) is 13.3. The molecule has 1 aliphatic heterocycles. The number of likely N-dealkylation sites (tertiary alicyclic amines) is 1. The third-order valence-electron chi connectivity index (χ3n) is 8.16. The van der Waals surface area contributed by atoms with Gasteiger partial charge in [0.1, 0.15) is 5.76 Å². The maximum atomic E-state index is 10.5. The van der Waals surface area contributed by atoms with Gasteiger partial charge in [-0.15, -0.1) is 0 Å². The van der Waals surface area contributed by atoms with Gasteiger partial charge in [0.2, 0.25) is 0 Å². The smallest absolute Gasteiger partial charge is 0.107 e. The number of nitrogens with zero attached hydrogens (tertiary/aromatic N) is 3. The van der Waals surface area contributed by atoms with Crippen LogP contribution in [0.4, 0.5) is 0 Å². The molecule has 34 heavy (non-hydrogen) atoms. The third-order valence-corrected chi connectivity index (χ3v) is 8.16. The van der Waals surface area contributed by atoms with Crippen LogP contribution in [0.15, 0.2) is 49.0 Å². The normalized spacial score (nSPS) is 23.9. The molecular weight excluding hydrogens is 422 g/mol. The quantitative estimate of drug-likeness (QED) is 0.351. The summed E-state index contributed by atoms with van der Waals surface area (Å²) < 4.78 is 6.27. The second kappa shape index (κ2) is 11.0. The van der Waals surface area contributed by atoms with Crippen LogP contribution in [-0.4, -0.2) is 45.8 Å². The van der Waals surface area contributed by atoms with Crippen molar-refractivity contribution < 1.29 is 9.84 Å². The van der Waals surface area contributed by atoms with E-state index in [1.54, 1.807) is 0 Å². The molecule has 2 aliphatic carbocycles. The molecule has 0 aromatic carbocycles. The Balaban J connectivity index is 1.07. The summed E-state index contributed by atoms with van der Waals surface area (Å²) in [6.45, 7) is 6.52. The molecule has 0 amide bonds. The molecule has 182 valence electrons. The average molecular weight is 462 g/mol. The maximum Gasteiger partial charge on any atom is 0.107 e. The number of aliphatic hydroxyl groups is 1. The molecule has 2 fully saturated rings. The summed E-state index contributed by atoms with van der Waals surface area (Å²) in [4.78, 5) is 11.6. The number of hydrogen-bond donors (Lipinski definition) is 1. The molecule has 0 unspecified atom stereocenters. The Morgan fingerprint density at radius 2 is 1.97 bits per heavy atom. The summed E-state index contributed by atoms with van der Waals surface area (Å²) in [7, 11) is 0. The predicted molar refractivity (Wildman–Crippen MR) is 135 cm³/mol. The van der Waals surface area contributed by atoms with Crippen molar-refractivity contribution >= 4 is 0 Å². The van der Waals surface area contributed by atoms with E-state index in [9.17, 15) is 5.11 Å². The van der Waals surface area contributed by atoms with Crippen molar-refractivity contribution in [2.24, 2.45) is 5.92 Å². The molecule has 2 aromatic rings. The summed E-state index contributed by atoms with van der Waals surface area (Å²) in [6.07, 6.45) is 15.9. The number of unbranched alkanes of at least 4 members (excludes halogenated alkanes) is 1. The second-order valence-electron chi connectivity index (χ2n) is 10.5. The van der Waals surface area contributed by atoms with Gasteiger partial charge in [0.05, 0.1) is 12.1 Å². The number of aliphatic hydroxyl groups excluding tert-OH is 1. The summed E-state index contributed by atoms with van der Waals surface area (Å²) >= 11 is 0. The van der Waals surface area contributed by atoms with Gasteiger partial charge in [0.25, 0.3) is 0 Å². The van der Waals surface area contributed by atoms with E-state index < -0.39 is 0 Å². The highest BCUT2D eigenvalue weighted by Crippen LogP contribution is 2.41. The van der Waals surface area contributed by atoms with Crippen LogP contribution in [0, 0.1) is 5.92 Å². The van der Waals surface area contributed by atoms with Crippen LogP contribution in [0.2, 0.25) is 0 Å². The molecule has 1 saturated heterocycles. The van der Waals surface area contributed by atoms with E-state index in [-0.39, 0.29) is 17.9 Å². The molecule has 5 heteroatoms. The molecule has 0 bridgehead atoms. The first-order chi connectivity index (χ1) is 16.7. The van der Waals surface area contributed by atoms with Gasteiger partial charge in [-0.1, -0.05) is 31.6 Å². The Labute approximate surface area is 204 Å². The van der Waals surface area contributed by atoms with Crippen LogP contribution in [0.1, 0.15) is 85.8 Å². The first kappa shape index (κ1) is 23.5. The van der Waals surface area contributed by atoms with Crippen LogP contribution in [0.5, 0.6) is 0 Å². The Bertz CT molecular complexity index is 973. The molecule has 1 N–H and O–H groups in total. The number of fused-ring (bicyclic) bond motifs is 1. The molecule has 3 aliphatic rings. The Kier molecular flexibility index (Phi) is 7.60. The summed E-state index contributed by atoms with van der Waals surface area (Å²) in [6, 6.07) is 8.22. The highest BCUT2D eigenvalue weighted by molar-refractivity contribution is 5.32. The van der Waals surface area contributed by atoms with Gasteiger partial charge >= 0.3 is 0 Å². The van der Waals surface area contributed by atoms with Crippen molar-refractivity contribution in [2.45, 2.75) is 82.3 Å². The fourth-order valence-corrected chi connectivity index (χ4v) is 6.04. The zero-order valence-electron chi connectivity index (χ0n) is 20.4. The van der Waals surface area contributed by atoms with E-state index in [1.165, 1.54) is 56.2 Å². The average Bonchev–Trinajstić information content (AvgIpc) is 3.27. The number of aryl methyl sites for hydroxylation is 1. The van der Waals surface area contributed by atoms with Gasteiger partial charge in [-0.05, 0) is 80.5 Å². The molecule has 5 nitrogen and oxygen atoms in total. The van der Waals surface area contributed by atoms with Crippen LogP contribution < -0.4 is 0 Å². The van der Waals surface area contributed by atoms with Gasteiger partial charge < -0.3 is 9.84 Å². The molecule has 2 aromatic heterocycles. The summed E-state index contributed by atoms with van der Waals surface area (Å²) in [5.74, 6) is 1.52. The third kappa shape index (κ3) is 5.36. The van der Waals surface area contributed by atoms with E-state index in [0.717, 1.165) is 56.1 Å². The molecule has 3 heterocycles. The first-order valence-corrected chi connectivity index (χ1v) is 13.3. The van der Waals surface area contributed by atoms with Crippen molar-refractivity contribution in [2.75, 3.05) is 19.7 Å². The van der Waals surface area contributed by atoms with E-state index >= 15 is 0 Å². The number of rotatable bonds is 10. The highest BCUT2D eigenvalue weighted by atomic mass is 16.5. The van der Waals surface area contributed by atoms with Crippen molar-refractivity contribution in [3.63, 3.8) is 0 Å². The lowest BCUT2D eigenvalue weighted by molar-refractivity contribution is 0.0515. The number of ether oxygens (including phenoxy) is 1. The monoisotopic (exact) mass is 461 g/mol. The van der Waals surface area contributed by atoms with Crippen molar-refractivity contribution in [3.05, 3.63) is 71.5 Å². The van der Waals surface area contributed by atoms with E-state index in [0.29, 0.717) is 5.92 Å². The SMILES string of the molecule is C=C(O)[C@@H](c1cccnc1C1CCC1)N1CC[C@@H](OCCCC[C@@H]2CCc3cccnc3C2)C1. The summed E-state index contributed by atoms with van der Waals surface area (Å²) in [5.41, 5.74) is 5.04. The van der Waals surface area contributed by atoms with E-state index in [4.69, 9.17) is 9.72 Å². The molecule has 0 radical (unpaired) electrons. The molecule has 3 atom stereocenters. The molecule has 1 saturated carbocycles. The minimum atomic E-state index is -0.180. The topological polar surface area (TPSA) is 58.5 Å². The fourth-order valence-electron chi connectivity index (χ4n) is 6.04. The standard InChI is InChI=1S/C29H39N3O2/c1-21(33)29(26-11-6-16-31-28(26)24-8-4-9-24)32-17-14-25(20-32)34-18-3-2-7-22-12-13-23-10-5-15-30-27(23)19-22/h5-6,10-11,15-16,22,24-25,29,33H,1-4,7-9,12-14,17-20H2/t22-,25-,29+/m1/s1. The van der Waals surface area contributed by atoms with E-state index in [1.807, 2.05) is 18.5 Å². The molecule has 5 rings (SSSR count). The highest BCUT2D eigenvalue weighted by Gasteiger charge is 2.35. The zero-order chi connectivity index (χ0) is 23.3. The minimum absolute atomic E-state index is 0.180. The number of pyridine rings is 2. The second-order valence-corrected chi connectivity index (χ2v) is 10.5. The Morgan fingerprint density at radius 1 is 1.12 bits per heavy atom. The minimum Gasteiger partial charge on any atom is -0.511 e. The van der Waals surface area contributed by atoms with Crippen molar-refractivity contribution in [3.8, 4) is 0 Å². The van der Waals surface area contributed by atoms with Crippen molar-refractivity contribution in [1.29, 1.82) is 0 Å². The molecular formula is C29H39N3O2. The number of hydrogen-bond acceptors (Lipinski definition) is 5. The van der Waals surface area contributed by atoms with Gasteiger partial charge in [0, 0.05) is 49.4 Å². The van der Waals surface area contributed by atoms with Crippen LogP contribution in [0.25, 0.3) is 0 Å². The fraction of sp³-hybridized carbons (Fsp3) is 0.586. The maximum absolute atomic E-state index is 10.5. The zero-order valence-corrected chi connectivity index (χ0v) is 20.4. The van der Waals surface area contributed by atoms with E-state index in [2.05, 4.69) is 34.7 Å². The van der Waals surface area contributed by atoms with Crippen LogP contribution in [0.3, 0.4) is 0 Å². The molecule has 0 spiro atoms. The van der Waals surface area contributed by atoms with Crippen molar-refractivity contribution in [1.82, 2.24) is 14.9 Å². The predicted octanol–water partition coefficient (Wildman–Crippen LogP) is 5.92. The Hall–Kier alpha value is -2.24. The van der Waals surface area contributed by atoms with Crippen LogP contribution in [-0.2, 0) is 17.6 Å². The van der Waals surface area contributed by atoms with Crippen LogP contribution >= 0.6 is 0 Å². The van der Waals surface area contributed by atoms with Gasteiger partial charge in [-0.2, -0.15) is 0 Å². The summed E-state index contributed by atoms with van der Waals surface area (Å²) in [5, 5.41) is 10.5.